The molecule has 0 N–H and O–H groups in total. The summed E-state index contributed by atoms with van der Waals surface area (Å²) in [5.74, 6) is 2.10. The molecular weight excluding hydrogens is 442 g/mol. The Labute approximate surface area is 195 Å². The van der Waals surface area contributed by atoms with Crippen LogP contribution in [0, 0.1) is 0 Å². The van der Waals surface area contributed by atoms with Crippen molar-refractivity contribution >= 4 is 22.6 Å². The minimum Gasteiger partial charge on any atom is -0.497 e. The maximum Gasteiger partial charge on any atom is 0.235 e. The van der Waals surface area contributed by atoms with E-state index in [1.807, 2.05) is 30.3 Å². The molecule has 0 atom stereocenters. The molecule has 0 bridgehead atoms. The number of hydrogen-bond acceptors (Lipinski definition) is 6. The molecule has 6 nitrogen and oxygen atoms in total. The number of rotatable bonds is 6. The molecule has 1 aliphatic rings. The summed E-state index contributed by atoms with van der Waals surface area (Å²) in [5, 5.41) is 1.19. The molecular formula is C26H22ClNO5. The van der Waals surface area contributed by atoms with Crippen molar-refractivity contribution in [2.45, 2.75) is 13.0 Å². The van der Waals surface area contributed by atoms with Gasteiger partial charge in [0.1, 0.15) is 35.8 Å². The van der Waals surface area contributed by atoms with Gasteiger partial charge < -0.3 is 18.6 Å². The molecule has 0 saturated heterocycles. The molecule has 0 aliphatic carbocycles. The maximum absolute atomic E-state index is 13.1. The molecule has 7 heteroatoms. The molecule has 168 valence electrons. The fourth-order valence-corrected chi connectivity index (χ4v) is 3.99. The van der Waals surface area contributed by atoms with Crippen molar-refractivity contribution in [1.29, 1.82) is 0 Å². The third-order valence-corrected chi connectivity index (χ3v) is 5.92. The van der Waals surface area contributed by atoms with E-state index >= 15 is 0 Å². The van der Waals surface area contributed by atoms with Crippen molar-refractivity contribution in [2.24, 2.45) is 0 Å². The summed E-state index contributed by atoms with van der Waals surface area (Å²) in [5.41, 5.74) is 2.36. The van der Waals surface area contributed by atoms with Crippen LogP contribution in [0.3, 0.4) is 0 Å². The molecule has 0 amide bonds. The summed E-state index contributed by atoms with van der Waals surface area (Å²) in [4.78, 5) is 15.3. The molecule has 2 heterocycles. The highest BCUT2D eigenvalue weighted by Crippen LogP contribution is 2.33. The van der Waals surface area contributed by atoms with Crippen LogP contribution < -0.4 is 19.6 Å². The van der Waals surface area contributed by atoms with Crippen LogP contribution in [0.15, 0.2) is 76.1 Å². The first kappa shape index (κ1) is 21.4. The lowest BCUT2D eigenvalue weighted by molar-refractivity contribution is 0.0968. The van der Waals surface area contributed by atoms with Gasteiger partial charge >= 0.3 is 0 Å². The van der Waals surface area contributed by atoms with Crippen molar-refractivity contribution in [2.75, 3.05) is 20.4 Å². The summed E-state index contributed by atoms with van der Waals surface area (Å²) in [6.45, 7) is 1.91. The lowest BCUT2D eigenvalue weighted by atomic mass is 10.1. The van der Waals surface area contributed by atoms with E-state index in [0.29, 0.717) is 35.7 Å². The second-order valence-corrected chi connectivity index (χ2v) is 8.26. The van der Waals surface area contributed by atoms with Crippen LogP contribution in [0.1, 0.15) is 11.1 Å². The average molecular weight is 464 g/mol. The Balaban J connectivity index is 1.37. The fraction of sp³-hybridized carbons (Fsp3) is 0.192. The lowest BCUT2D eigenvalue weighted by Gasteiger charge is -2.29. The van der Waals surface area contributed by atoms with Gasteiger partial charge in [-0.3, -0.25) is 9.69 Å². The van der Waals surface area contributed by atoms with Gasteiger partial charge in [0.2, 0.25) is 11.2 Å². The summed E-state index contributed by atoms with van der Waals surface area (Å²) in [6.07, 6.45) is 2.23. The second kappa shape index (κ2) is 9.17. The quantitative estimate of drug-likeness (QED) is 0.368. The van der Waals surface area contributed by atoms with Gasteiger partial charge in [0, 0.05) is 18.1 Å². The van der Waals surface area contributed by atoms with E-state index in [2.05, 4.69) is 4.90 Å². The van der Waals surface area contributed by atoms with E-state index in [1.165, 1.54) is 11.8 Å². The van der Waals surface area contributed by atoms with Crippen molar-refractivity contribution in [3.05, 3.63) is 93.3 Å². The first-order valence-corrected chi connectivity index (χ1v) is 11.0. The average Bonchev–Trinajstić information content (AvgIpc) is 2.85. The van der Waals surface area contributed by atoms with Crippen LogP contribution >= 0.6 is 11.6 Å². The summed E-state index contributed by atoms with van der Waals surface area (Å²) < 4.78 is 22.7. The predicted molar refractivity (Wildman–Crippen MR) is 127 cm³/mol. The predicted octanol–water partition coefficient (Wildman–Crippen LogP) is 5.64. The number of halogens is 1. The van der Waals surface area contributed by atoms with E-state index in [9.17, 15) is 4.79 Å². The minimum absolute atomic E-state index is 0.129. The van der Waals surface area contributed by atoms with Gasteiger partial charge in [-0.25, -0.2) is 0 Å². The monoisotopic (exact) mass is 463 g/mol. The third-order valence-electron chi connectivity index (χ3n) is 5.67. The summed E-state index contributed by atoms with van der Waals surface area (Å²) in [7, 11) is 1.59. The Morgan fingerprint density at radius 3 is 2.52 bits per heavy atom. The number of fused-ring (bicyclic) bond motifs is 3. The fourth-order valence-electron chi connectivity index (χ4n) is 3.86. The first-order chi connectivity index (χ1) is 16.1. The summed E-state index contributed by atoms with van der Waals surface area (Å²) >= 11 is 5.97. The molecule has 1 aliphatic heterocycles. The standard InChI is InChI=1S/C26H22ClNO5/c1-30-19-6-8-20(9-7-19)33-24-15-31-26-21(25(24)29)10-11-23-22(26)14-28(16-32-23)13-12-17-2-4-18(27)5-3-17/h2-11,15H,12-14,16H2,1H3. The van der Waals surface area contributed by atoms with Gasteiger partial charge in [0.25, 0.3) is 0 Å². The molecule has 0 radical (unpaired) electrons. The number of methoxy groups -OCH3 is 1. The number of nitrogens with zero attached hydrogens (tertiary/aromatic N) is 1. The van der Waals surface area contributed by atoms with Crippen molar-refractivity contribution < 1.29 is 18.6 Å². The van der Waals surface area contributed by atoms with Crippen LogP contribution in [0.5, 0.6) is 23.0 Å². The van der Waals surface area contributed by atoms with Crippen LogP contribution in [-0.4, -0.2) is 25.3 Å². The molecule has 4 aromatic rings. The highest BCUT2D eigenvalue weighted by Gasteiger charge is 2.23. The molecule has 0 saturated carbocycles. The van der Waals surface area contributed by atoms with Gasteiger partial charge in [0.05, 0.1) is 18.1 Å². The van der Waals surface area contributed by atoms with Crippen molar-refractivity contribution in [1.82, 2.24) is 4.90 Å². The zero-order valence-electron chi connectivity index (χ0n) is 18.0. The van der Waals surface area contributed by atoms with E-state index < -0.39 is 0 Å². The van der Waals surface area contributed by atoms with Crippen molar-refractivity contribution in [3.8, 4) is 23.0 Å². The van der Waals surface area contributed by atoms with E-state index in [1.54, 1.807) is 37.4 Å². The van der Waals surface area contributed by atoms with Crippen LogP contribution in [0.25, 0.3) is 11.0 Å². The largest absolute Gasteiger partial charge is 0.497 e. The topological polar surface area (TPSA) is 61.1 Å². The Hall–Kier alpha value is -3.48. The van der Waals surface area contributed by atoms with E-state index in [4.69, 9.17) is 30.2 Å². The molecule has 0 unspecified atom stereocenters. The molecule has 33 heavy (non-hydrogen) atoms. The SMILES string of the molecule is COc1ccc(Oc2coc3c4c(ccc3c2=O)OCN(CCc2ccc(Cl)cc2)C4)cc1. The minimum atomic E-state index is -0.229. The zero-order valence-corrected chi connectivity index (χ0v) is 18.8. The lowest BCUT2D eigenvalue weighted by Crippen LogP contribution is -2.33. The van der Waals surface area contributed by atoms with E-state index in [0.717, 1.165) is 29.3 Å². The van der Waals surface area contributed by atoms with Crippen LogP contribution in [0.2, 0.25) is 5.02 Å². The highest BCUT2D eigenvalue weighted by molar-refractivity contribution is 6.30. The molecule has 1 aromatic heterocycles. The molecule has 0 spiro atoms. The van der Waals surface area contributed by atoms with Gasteiger partial charge in [-0.2, -0.15) is 0 Å². The maximum atomic E-state index is 13.1. The van der Waals surface area contributed by atoms with Gasteiger partial charge in [-0.05, 0) is 60.5 Å². The van der Waals surface area contributed by atoms with Crippen LogP contribution in [0.4, 0.5) is 0 Å². The number of ether oxygens (including phenoxy) is 3. The van der Waals surface area contributed by atoms with E-state index in [-0.39, 0.29) is 11.2 Å². The molecule has 5 rings (SSSR count). The molecule has 0 fully saturated rings. The summed E-state index contributed by atoms with van der Waals surface area (Å²) in [6, 6.07) is 18.4. The Kier molecular flexibility index (Phi) is 5.94. The van der Waals surface area contributed by atoms with Crippen LogP contribution in [-0.2, 0) is 13.0 Å². The van der Waals surface area contributed by atoms with Gasteiger partial charge in [0.15, 0.2) is 0 Å². The normalized spacial score (nSPS) is 13.4. The smallest absolute Gasteiger partial charge is 0.235 e. The highest BCUT2D eigenvalue weighted by atomic mass is 35.5. The first-order valence-electron chi connectivity index (χ1n) is 10.6. The Morgan fingerprint density at radius 1 is 1.00 bits per heavy atom. The Bertz CT molecular complexity index is 1330. The van der Waals surface area contributed by atoms with Gasteiger partial charge in [-0.15, -0.1) is 0 Å². The Morgan fingerprint density at radius 2 is 1.76 bits per heavy atom. The second-order valence-electron chi connectivity index (χ2n) is 7.83. The zero-order chi connectivity index (χ0) is 22.8. The molecule has 3 aromatic carbocycles. The number of hydrogen-bond donors (Lipinski definition) is 0. The van der Waals surface area contributed by atoms with Gasteiger partial charge in [-0.1, -0.05) is 23.7 Å². The number of benzene rings is 3. The third kappa shape index (κ3) is 4.53. The van der Waals surface area contributed by atoms with Crippen molar-refractivity contribution in [3.63, 3.8) is 0 Å².